The van der Waals surface area contributed by atoms with Gasteiger partial charge < -0.3 is 9.47 Å². The number of benzene rings is 1. The number of carbonyl (C=O) groups is 2. The van der Waals surface area contributed by atoms with Gasteiger partial charge >= 0.3 is 0 Å². The standard InChI is InChI=1S/C16H17N3O4S/c1-10(20)8-14-17-16(24-19-14)18-15(21)7-5-11-4-6-12(22-2)13(9-11)23-3/h4-7,9H,8H2,1-3H3,(H,17,18,19,21). The Labute approximate surface area is 143 Å². The highest BCUT2D eigenvalue weighted by molar-refractivity contribution is 7.09. The lowest BCUT2D eigenvalue weighted by atomic mass is 10.2. The number of methoxy groups -OCH3 is 2. The van der Waals surface area contributed by atoms with Crippen LogP contribution in [0.1, 0.15) is 18.3 Å². The average molecular weight is 347 g/mol. The maximum atomic E-state index is 11.9. The molecule has 0 radical (unpaired) electrons. The number of ether oxygens (including phenoxy) is 2. The molecule has 0 fully saturated rings. The Kier molecular flexibility index (Phi) is 6.02. The number of rotatable bonds is 7. The summed E-state index contributed by atoms with van der Waals surface area (Å²) < 4.78 is 14.4. The van der Waals surface area contributed by atoms with Crippen molar-refractivity contribution in [3.63, 3.8) is 0 Å². The first-order chi connectivity index (χ1) is 11.5. The van der Waals surface area contributed by atoms with Crippen molar-refractivity contribution in [3.8, 4) is 11.5 Å². The minimum atomic E-state index is -0.338. The zero-order chi connectivity index (χ0) is 17.5. The Morgan fingerprint density at radius 2 is 2.00 bits per heavy atom. The Bertz CT molecular complexity index is 770. The zero-order valence-corrected chi connectivity index (χ0v) is 14.3. The lowest BCUT2D eigenvalue weighted by molar-refractivity contribution is -0.116. The molecule has 7 nitrogen and oxygen atoms in total. The Hall–Kier alpha value is -2.74. The molecule has 24 heavy (non-hydrogen) atoms. The molecule has 1 amide bonds. The number of carbonyl (C=O) groups excluding carboxylic acids is 2. The molecule has 1 aromatic heterocycles. The van der Waals surface area contributed by atoms with Gasteiger partial charge in [0.2, 0.25) is 11.0 Å². The van der Waals surface area contributed by atoms with E-state index >= 15 is 0 Å². The van der Waals surface area contributed by atoms with Gasteiger partial charge in [-0.15, -0.1) is 0 Å². The third-order valence-corrected chi connectivity index (χ3v) is 3.61. The van der Waals surface area contributed by atoms with Crippen LogP contribution in [0.15, 0.2) is 24.3 Å². The SMILES string of the molecule is COc1ccc(C=CC(=O)Nc2nc(CC(C)=O)ns2)cc1OC. The molecule has 0 spiro atoms. The fraction of sp³-hybridized carbons (Fsp3) is 0.250. The number of ketones is 1. The summed E-state index contributed by atoms with van der Waals surface area (Å²) in [6.07, 6.45) is 3.19. The van der Waals surface area contributed by atoms with Crippen molar-refractivity contribution < 1.29 is 19.1 Å². The fourth-order valence-corrected chi connectivity index (χ4v) is 2.46. The quantitative estimate of drug-likeness (QED) is 0.773. The number of amides is 1. The van der Waals surface area contributed by atoms with Crippen LogP contribution in [0.2, 0.25) is 0 Å². The van der Waals surface area contributed by atoms with Crippen molar-refractivity contribution in [2.24, 2.45) is 0 Å². The molecule has 0 unspecified atom stereocenters. The van der Waals surface area contributed by atoms with Crippen molar-refractivity contribution in [1.29, 1.82) is 0 Å². The minimum absolute atomic E-state index is 0.0287. The topological polar surface area (TPSA) is 90.4 Å². The molecule has 8 heteroatoms. The van der Waals surface area contributed by atoms with E-state index in [4.69, 9.17) is 9.47 Å². The van der Waals surface area contributed by atoms with E-state index in [0.717, 1.165) is 17.1 Å². The molecule has 1 heterocycles. The number of hydrogen-bond donors (Lipinski definition) is 1. The largest absolute Gasteiger partial charge is 0.493 e. The molecule has 0 aliphatic carbocycles. The van der Waals surface area contributed by atoms with Crippen LogP contribution in [-0.2, 0) is 16.0 Å². The van der Waals surface area contributed by atoms with Gasteiger partial charge in [-0.25, -0.2) is 4.98 Å². The molecule has 2 rings (SSSR count). The molecule has 1 N–H and O–H groups in total. The van der Waals surface area contributed by atoms with E-state index in [1.165, 1.54) is 13.0 Å². The van der Waals surface area contributed by atoms with Crippen LogP contribution in [0, 0.1) is 0 Å². The predicted octanol–water partition coefficient (Wildman–Crippen LogP) is 2.34. The summed E-state index contributed by atoms with van der Waals surface area (Å²) in [5.74, 6) is 1.24. The van der Waals surface area contributed by atoms with Crippen molar-refractivity contribution >= 4 is 34.4 Å². The fourth-order valence-electron chi connectivity index (χ4n) is 1.87. The molecule has 2 aromatic rings. The van der Waals surface area contributed by atoms with Gasteiger partial charge in [0.05, 0.1) is 20.6 Å². The van der Waals surface area contributed by atoms with Gasteiger partial charge in [-0.3, -0.25) is 14.9 Å². The monoisotopic (exact) mass is 347 g/mol. The van der Waals surface area contributed by atoms with Crippen LogP contribution in [0.3, 0.4) is 0 Å². The third-order valence-electron chi connectivity index (χ3n) is 2.94. The summed E-state index contributed by atoms with van der Waals surface area (Å²) in [7, 11) is 3.11. The molecular weight excluding hydrogens is 330 g/mol. The molecule has 0 aliphatic rings. The van der Waals surface area contributed by atoms with E-state index in [2.05, 4.69) is 14.7 Å². The molecule has 0 atom stereocenters. The summed E-state index contributed by atoms with van der Waals surface area (Å²) in [6.45, 7) is 1.46. The van der Waals surface area contributed by atoms with E-state index in [1.807, 2.05) is 0 Å². The molecule has 1 aromatic carbocycles. The van der Waals surface area contributed by atoms with Crippen LogP contribution in [0.4, 0.5) is 5.13 Å². The molecule has 0 saturated carbocycles. The highest BCUT2D eigenvalue weighted by atomic mass is 32.1. The van der Waals surface area contributed by atoms with Crippen LogP contribution in [-0.4, -0.2) is 35.3 Å². The second-order valence-corrected chi connectivity index (χ2v) is 5.58. The summed E-state index contributed by atoms with van der Waals surface area (Å²) in [5, 5.41) is 2.96. The van der Waals surface area contributed by atoms with Crippen molar-refractivity contribution in [3.05, 3.63) is 35.7 Å². The third kappa shape index (κ3) is 4.88. The number of nitrogens with zero attached hydrogens (tertiary/aromatic N) is 2. The van der Waals surface area contributed by atoms with E-state index in [1.54, 1.807) is 38.5 Å². The first kappa shape index (κ1) is 17.6. The number of anilines is 1. The van der Waals surface area contributed by atoms with Gasteiger partial charge in [0.15, 0.2) is 17.3 Å². The van der Waals surface area contributed by atoms with Crippen LogP contribution in [0.25, 0.3) is 6.08 Å². The van der Waals surface area contributed by atoms with Gasteiger partial charge in [-0.05, 0) is 30.7 Å². The van der Waals surface area contributed by atoms with E-state index < -0.39 is 0 Å². The predicted molar refractivity (Wildman–Crippen MR) is 91.5 cm³/mol. The van der Waals surface area contributed by atoms with Crippen LogP contribution in [0.5, 0.6) is 11.5 Å². The van der Waals surface area contributed by atoms with Gasteiger partial charge in [0.25, 0.3) is 0 Å². The van der Waals surface area contributed by atoms with Gasteiger partial charge in [-0.2, -0.15) is 4.37 Å². The second kappa shape index (κ2) is 8.21. The smallest absolute Gasteiger partial charge is 0.250 e. The number of Topliss-reactive ketones (excluding diaryl/α,β-unsaturated/α-hetero) is 1. The van der Waals surface area contributed by atoms with Gasteiger partial charge in [-0.1, -0.05) is 6.07 Å². The van der Waals surface area contributed by atoms with E-state index in [9.17, 15) is 9.59 Å². The van der Waals surface area contributed by atoms with Gasteiger partial charge in [0.1, 0.15) is 5.78 Å². The molecule has 0 bridgehead atoms. The normalized spacial score (nSPS) is 10.6. The lowest BCUT2D eigenvalue weighted by Gasteiger charge is -2.07. The maximum Gasteiger partial charge on any atom is 0.250 e. The van der Waals surface area contributed by atoms with Crippen molar-refractivity contribution in [2.75, 3.05) is 19.5 Å². The van der Waals surface area contributed by atoms with Crippen molar-refractivity contribution in [2.45, 2.75) is 13.3 Å². The van der Waals surface area contributed by atoms with Gasteiger partial charge in [0, 0.05) is 17.6 Å². The molecule has 0 aliphatic heterocycles. The zero-order valence-electron chi connectivity index (χ0n) is 13.5. The van der Waals surface area contributed by atoms with E-state index in [-0.39, 0.29) is 18.1 Å². The lowest BCUT2D eigenvalue weighted by Crippen LogP contribution is -2.07. The summed E-state index contributed by atoms with van der Waals surface area (Å²) in [4.78, 5) is 27.0. The Morgan fingerprint density at radius 1 is 1.25 bits per heavy atom. The molecule has 0 saturated heterocycles. The second-order valence-electron chi connectivity index (χ2n) is 4.83. The summed E-state index contributed by atoms with van der Waals surface area (Å²) in [6, 6.07) is 5.33. The minimum Gasteiger partial charge on any atom is -0.493 e. The summed E-state index contributed by atoms with van der Waals surface area (Å²) in [5.41, 5.74) is 0.789. The van der Waals surface area contributed by atoms with Crippen molar-refractivity contribution in [1.82, 2.24) is 9.36 Å². The van der Waals surface area contributed by atoms with Crippen LogP contribution >= 0.6 is 11.5 Å². The van der Waals surface area contributed by atoms with E-state index in [0.29, 0.717) is 22.5 Å². The number of aromatic nitrogens is 2. The first-order valence-electron chi connectivity index (χ1n) is 7.05. The molecule has 126 valence electrons. The summed E-state index contributed by atoms with van der Waals surface area (Å²) >= 11 is 1.04. The van der Waals surface area contributed by atoms with Crippen LogP contribution < -0.4 is 14.8 Å². The average Bonchev–Trinajstić information content (AvgIpc) is 2.98. The Morgan fingerprint density at radius 3 is 2.67 bits per heavy atom. The first-order valence-corrected chi connectivity index (χ1v) is 7.82. The Balaban J connectivity index is 2.00. The number of hydrogen-bond acceptors (Lipinski definition) is 7. The highest BCUT2D eigenvalue weighted by Crippen LogP contribution is 2.27. The molecular formula is C16H17N3O4S. The number of nitrogens with one attached hydrogen (secondary N) is 1. The maximum absolute atomic E-state index is 11.9. The highest BCUT2D eigenvalue weighted by Gasteiger charge is 2.08.